The third kappa shape index (κ3) is 6.82. The van der Waals surface area contributed by atoms with Gasteiger partial charge in [0.25, 0.3) is 0 Å². The Hall–Kier alpha value is -3.86. The summed E-state index contributed by atoms with van der Waals surface area (Å²) in [6.45, 7) is 7.10. The summed E-state index contributed by atoms with van der Waals surface area (Å²) in [5.41, 5.74) is 1.05. The zero-order valence-corrected chi connectivity index (χ0v) is 23.5. The van der Waals surface area contributed by atoms with Gasteiger partial charge in [0.05, 0.1) is 6.04 Å². The Balaban J connectivity index is 1.27. The molecule has 1 fully saturated rings. The molecule has 2 aliphatic heterocycles. The standard InChI is InChI=1S/C28H34ClN7O4/c1-19(2)13-27(38)34-9-10-36(25-16-24(29)32-28(33-25)35-8-7-30-18-35)21(17-34)15-26(37)31-6-5-20-3-4-22-23(14-20)40-12-11-39-22/h3-4,7-8,14,16,18-19,21H,5-6,9-13,15,17H2,1-2H3,(H,31,37). The van der Waals surface area contributed by atoms with E-state index in [0.29, 0.717) is 64.0 Å². The summed E-state index contributed by atoms with van der Waals surface area (Å²) < 4.78 is 12.9. The Morgan fingerprint density at radius 3 is 2.73 bits per heavy atom. The maximum Gasteiger partial charge on any atom is 0.238 e. The van der Waals surface area contributed by atoms with Gasteiger partial charge in [-0.05, 0) is 30.0 Å². The first-order valence-corrected chi connectivity index (χ1v) is 14.0. The fraction of sp³-hybridized carbons (Fsp3) is 0.464. The molecule has 2 aromatic heterocycles. The van der Waals surface area contributed by atoms with Crippen LogP contribution in [0.1, 0.15) is 32.3 Å². The van der Waals surface area contributed by atoms with Crippen LogP contribution in [-0.4, -0.2) is 81.7 Å². The summed E-state index contributed by atoms with van der Waals surface area (Å²) >= 11 is 6.37. The first-order valence-electron chi connectivity index (χ1n) is 13.6. The SMILES string of the molecule is CC(C)CC(=O)N1CCN(c2cc(Cl)nc(-n3ccnc3)n2)C(CC(=O)NCCc2ccc3c(c2)OCCO3)C1. The van der Waals surface area contributed by atoms with Crippen LogP contribution in [0.4, 0.5) is 5.82 Å². The van der Waals surface area contributed by atoms with E-state index in [9.17, 15) is 9.59 Å². The average Bonchev–Trinajstić information content (AvgIpc) is 3.48. The molecule has 5 rings (SSSR count). The maximum absolute atomic E-state index is 13.1. The fourth-order valence-electron chi connectivity index (χ4n) is 4.95. The molecule has 0 saturated carbocycles. The molecule has 1 saturated heterocycles. The number of nitrogens with one attached hydrogen (secondary N) is 1. The zero-order valence-electron chi connectivity index (χ0n) is 22.8. The second-order valence-electron chi connectivity index (χ2n) is 10.4. The number of hydrogen-bond acceptors (Lipinski definition) is 8. The monoisotopic (exact) mass is 567 g/mol. The number of aromatic nitrogens is 4. The number of fused-ring (bicyclic) bond motifs is 1. The fourth-order valence-corrected chi connectivity index (χ4v) is 5.12. The molecule has 1 atom stereocenters. The Kier molecular flexibility index (Phi) is 8.69. The molecule has 2 aliphatic rings. The van der Waals surface area contributed by atoms with Crippen LogP contribution in [0.2, 0.25) is 5.15 Å². The lowest BCUT2D eigenvalue weighted by atomic mass is 10.0. The Labute approximate surface area is 238 Å². The van der Waals surface area contributed by atoms with Gasteiger partial charge < -0.3 is 24.6 Å². The van der Waals surface area contributed by atoms with Crippen LogP contribution in [-0.2, 0) is 16.0 Å². The Morgan fingerprint density at radius 2 is 1.95 bits per heavy atom. The molecule has 212 valence electrons. The van der Waals surface area contributed by atoms with Crippen molar-refractivity contribution in [1.29, 1.82) is 0 Å². The van der Waals surface area contributed by atoms with E-state index in [1.807, 2.05) is 41.8 Å². The summed E-state index contributed by atoms with van der Waals surface area (Å²) in [6, 6.07) is 7.26. The number of amides is 2. The van der Waals surface area contributed by atoms with E-state index in [-0.39, 0.29) is 35.3 Å². The molecule has 0 aliphatic carbocycles. The van der Waals surface area contributed by atoms with Crippen LogP contribution in [0.3, 0.4) is 0 Å². The van der Waals surface area contributed by atoms with E-state index >= 15 is 0 Å². The Bertz CT molecular complexity index is 1330. The van der Waals surface area contributed by atoms with Gasteiger partial charge in [0.1, 0.15) is 30.5 Å². The minimum absolute atomic E-state index is 0.0958. The van der Waals surface area contributed by atoms with Crippen LogP contribution < -0.4 is 19.7 Å². The van der Waals surface area contributed by atoms with Crippen LogP contribution in [0.15, 0.2) is 43.0 Å². The van der Waals surface area contributed by atoms with Gasteiger partial charge in [0.2, 0.25) is 17.8 Å². The second kappa shape index (κ2) is 12.5. The van der Waals surface area contributed by atoms with E-state index in [2.05, 4.69) is 15.3 Å². The number of benzene rings is 1. The molecular formula is C28H34ClN7O4. The number of imidazole rings is 1. The topological polar surface area (TPSA) is 115 Å². The zero-order chi connectivity index (χ0) is 28.1. The van der Waals surface area contributed by atoms with Crippen LogP contribution in [0.5, 0.6) is 11.5 Å². The van der Waals surface area contributed by atoms with Gasteiger partial charge in [-0.25, -0.2) is 9.97 Å². The first-order chi connectivity index (χ1) is 19.4. The first kappa shape index (κ1) is 27.7. The molecule has 1 aromatic carbocycles. The van der Waals surface area contributed by atoms with Crippen molar-refractivity contribution in [2.45, 2.75) is 39.2 Å². The van der Waals surface area contributed by atoms with Crippen LogP contribution in [0, 0.1) is 5.92 Å². The van der Waals surface area contributed by atoms with Crippen molar-refractivity contribution in [3.8, 4) is 17.4 Å². The molecule has 4 heterocycles. The predicted octanol–water partition coefficient (Wildman–Crippen LogP) is 2.90. The van der Waals surface area contributed by atoms with Crippen molar-refractivity contribution in [2.24, 2.45) is 5.92 Å². The number of rotatable bonds is 9. The number of piperazine rings is 1. The number of nitrogens with zero attached hydrogens (tertiary/aromatic N) is 6. The molecule has 0 spiro atoms. The van der Waals surface area contributed by atoms with Gasteiger partial charge in [0, 0.05) is 57.5 Å². The minimum Gasteiger partial charge on any atom is -0.486 e. The van der Waals surface area contributed by atoms with E-state index in [1.165, 1.54) is 0 Å². The summed E-state index contributed by atoms with van der Waals surface area (Å²) in [4.78, 5) is 43.0. The highest BCUT2D eigenvalue weighted by Gasteiger charge is 2.32. The highest BCUT2D eigenvalue weighted by Crippen LogP contribution is 2.31. The van der Waals surface area contributed by atoms with E-state index in [1.54, 1.807) is 29.4 Å². The molecular weight excluding hydrogens is 534 g/mol. The van der Waals surface area contributed by atoms with Gasteiger partial charge in [-0.1, -0.05) is 31.5 Å². The van der Waals surface area contributed by atoms with Crippen molar-refractivity contribution in [2.75, 3.05) is 44.3 Å². The molecule has 40 heavy (non-hydrogen) atoms. The van der Waals surface area contributed by atoms with Gasteiger partial charge in [-0.2, -0.15) is 4.98 Å². The quantitative estimate of drug-likeness (QED) is 0.393. The van der Waals surface area contributed by atoms with Gasteiger partial charge in [-0.15, -0.1) is 0 Å². The molecule has 0 bridgehead atoms. The number of ether oxygens (including phenoxy) is 2. The molecule has 0 radical (unpaired) electrons. The third-order valence-corrected chi connectivity index (χ3v) is 7.07. The van der Waals surface area contributed by atoms with Crippen molar-refractivity contribution >= 4 is 29.2 Å². The average molecular weight is 568 g/mol. The number of carbonyl (C=O) groups is 2. The lowest BCUT2D eigenvalue weighted by Crippen LogP contribution is -2.56. The van der Waals surface area contributed by atoms with Crippen molar-refractivity contribution in [1.82, 2.24) is 29.7 Å². The van der Waals surface area contributed by atoms with Gasteiger partial charge in [-0.3, -0.25) is 14.2 Å². The summed E-state index contributed by atoms with van der Waals surface area (Å²) in [6.07, 6.45) is 6.31. The lowest BCUT2D eigenvalue weighted by Gasteiger charge is -2.42. The van der Waals surface area contributed by atoms with E-state index < -0.39 is 0 Å². The van der Waals surface area contributed by atoms with Crippen molar-refractivity contribution in [3.05, 3.63) is 53.7 Å². The number of hydrogen-bond donors (Lipinski definition) is 1. The molecule has 2 amide bonds. The maximum atomic E-state index is 13.1. The minimum atomic E-state index is -0.277. The van der Waals surface area contributed by atoms with Crippen molar-refractivity contribution in [3.63, 3.8) is 0 Å². The number of anilines is 1. The molecule has 1 N–H and O–H groups in total. The highest BCUT2D eigenvalue weighted by molar-refractivity contribution is 6.29. The van der Waals surface area contributed by atoms with Gasteiger partial charge >= 0.3 is 0 Å². The Morgan fingerprint density at radius 1 is 1.12 bits per heavy atom. The van der Waals surface area contributed by atoms with E-state index in [4.69, 9.17) is 26.1 Å². The number of halogens is 1. The highest BCUT2D eigenvalue weighted by atomic mass is 35.5. The van der Waals surface area contributed by atoms with Crippen molar-refractivity contribution < 1.29 is 19.1 Å². The second-order valence-corrected chi connectivity index (χ2v) is 10.8. The summed E-state index contributed by atoms with van der Waals surface area (Å²) in [7, 11) is 0. The molecule has 11 nitrogen and oxygen atoms in total. The number of carbonyl (C=O) groups excluding carboxylic acids is 2. The lowest BCUT2D eigenvalue weighted by molar-refractivity contribution is -0.133. The normalized spacial score (nSPS) is 16.8. The van der Waals surface area contributed by atoms with E-state index in [0.717, 1.165) is 17.1 Å². The third-order valence-electron chi connectivity index (χ3n) is 6.88. The van der Waals surface area contributed by atoms with Crippen LogP contribution >= 0.6 is 11.6 Å². The van der Waals surface area contributed by atoms with Crippen LogP contribution in [0.25, 0.3) is 5.95 Å². The largest absolute Gasteiger partial charge is 0.486 e. The molecule has 12 heteroatoms. The summed E-state index contributed by atoms with van der Waals surface area (Å²) in [5.74, 6) is 2.73. The molecule has 3 aromatic rings. The summed E-state index contributed by atoms with van der Waals surface area (Å²) in [5, 5.41) is 3.33. The molecule has 1 unspecified atom stereocenters. The predicted molar refractivity (Wildman–Crippen MR) is 150 cm³/mol. The smallest absolute Gasteiger partial charge is 0.238 e. The van der Waals surface area contributed by atoms with Gasteiger partial charge in [0.15, 0.2) is 11.5 Å².